The molecule has 0 radical (unpaired) electrons. The van der Waals surface area contributed by atoms with Gasteiger partial charge in [-0.25, -0.2) is 18.7 Å². The summed E-state index contributed by atoms with van der Waals surface area (Å²) in [5.41, 5.74) is 0.674. The van der Waals surface area contributed by atoms with Crippen LogP contribution >= 0.6 is 23.2 Å². The summed E-state index contributed by atoms with van der Waals surface area (Å²) >= 11 is 11.9. The summed E-state index contributed by atoms with van der Waals surface area (Å²) in [5.74, 6) is -2.21. The minimum Gasteiger partial charge on any atom is -0.339 e. The van der Waals surface area contributed by atoms with Crippen LogP contribution in [-0.4, -0.2) is 15.9 Å². The third-order valence-electron chi connectivity index (χ3n) is 3.28. The van der Waals surface area contributed by atoms with Crippen molar-refractivity contribution in [2.45, 2.75) is 0 Å². The van der Waals surface area contributed by atoms with Gasteiger partial charge in [0, 0.05) is 11.8 Å². The maximum absolute atomic E-state index is 13.2. The molecule has 0 spiro atoms. The zero-order chi connectivity index (χ0) is 18.7. The highest BCUT2D eigenvalue weighted by Gasteiger charge is 2.12. The molecule has 9 heteroatoms. The molecule has 0 unspecified atom stereocenters. The molecule has 0 aliphatic rings. The normalized spacial score (nSPS) is 10.5. The Hall–Kier alpha value is -2.77. The summed E-state index contributed by atoms with van der Waals surface area (Å²) in [4.78, 5) is 20.2. The van der Waals surface area contributed by atoms with Crippen LogP contribution in [0, 0.1) is 11.6 Å². The SMILES string of the molecule is O=C(Nc1cccc(Cl)c1Cl)c1cnc(Nc2ccc(F)c(F)c2)cn1. The van der Waals surface area contributed by atoms with Crippen LogP contribution in [0.15, 0.2) is 48.8 Å². The van der Waals surface area contributed by atoms with Gasteiger partial charge in [-0.1, -0.05) is 29.3 Å². The third-order valence-corrected chi connectivity index (χ3v) is 4.10. The average Bonchev–Trinajstić information content (AvgIpc) is 2.63. The summed E-state index contributed by atoms with van der Waals surface area (Å²) in [5, 5.41) is 5.86. The average molecular weight is 395 g/mol. The highest BCUT2D eigenvalue weighted by Crippen LogP contribution is 2.29. The molecule has 0 aliphatic carbocycles. The number of carbonyl (C=O) groups is 1. The molecule has 0 fully saturated rings. The van der Waals surface area contributed by atoms with Crippen molar-refractivity contribution in [3.63, 3.8) is 0 Å². The standard InChI is InChI=1S/C17H10Cl2F2N4O/c18-10-2-1-3-13(16(10)19)25-17(26)14-7-23-15(8-22-14)24-9-4-5-11(20)12(21)6-9/h1-8H,(H,23,24)(H,25,26). The first kappa shape index (κ1) is 18.0. The van der Waals surface area contributed by atoms with E-state index in [1.807, 2.05) is 0 Å². The lowest BCUT2D eigenvalue weighted by atomic mass is 10.3. The molecule has 3 rings (SSSR count). The first-order chi connectivity index (χ1) is 12.4. The van der Waals surface area contributed by atoms with Crippen LogP contribution in [-0.2, 0) is 0 Å². The Balaban J connectivity index is 1.71. The van der Waals surface area contributed by atoms with Gasteiger partial charge in [0.05, 0.1) is 28.1 Å². The molecule has 0 atom stereocenters. The van der Waals surface area contributed by atoms with E-state index in [-0.39, 0.29) is 16.5 Å². The number of aromatic nitrogens is 2. The molecule has 2 N–H and O–H groups in total. The molecular weight excluding hydrogens is 385 g/mol. The molecule has 5 nitrogen and oxygen atoms in total. The van der Waals surface area contributed by atoms with Gasteiger partial charge in [0.2, 0.25) is 0 Å². The molecule has 26 heavy (non-hydrogen) atoms. The number of hydrogen-bond acceptors (Lipinski definition) is 4. The topological polar surface area (TPSA) is 66.9 Å². The highest BCUT2D eigenvalue weighted by molar-refractivity contribution is 6.44. The van der Waals surface area contributed by atoms with Gasteiger partial charge in [-0.2, -0.15) is 0 Å². The van der Waals surface area contributed by atoms with Crippen LogP contribution in [0.2, 0.25) is 10.0 Å². The number of rotatable bonds is 4. The minimum atomic E-state index is -0.989. The lowest BCUT2D eigenvalue weighted by Gasteiger charge is -2.09. The molecule has 1 amide bonds. The Morgan fingerprint density at radius 3 is 2.50 bits per heavy atom. The molecule has 3 aromatic rings. The van der Waals surface area contributed by atoms with E-state index in [1.54, 1.807) is 18.2 Å². The number of amides is 1. The van der Waals surface area contributed by atoms with Crippen LogP contribution in [0.4, 0.5) is 26.0 Å². The van der Waals surface area contributed by atoms with Crippen molar-refractivity contribution in [1.29, 1.82) is 0 Å². The van der Waals surface area contributed by atoms with E-state index in [1.165, 1.54) is 18.5 Å². The van der Waals surface area contributed by atoms with Crippen molar-refractivity contribution in [2.24, 2.45) is 0 Å². The maximum Gasteiger partial charge on any atom is 0.275 e. The second-order valence-corrected chi connectivity index (χ2v) is 5.88. The van der Waals surface area contributed by atoms with E-state index in [2.05, 4.69) is 20.6 Å². The zero-order valence-electron chi connectivity index (χ0n) is 12.9. The quantitative estimate of drug-likeness (QED) is 0.648. The fourth-order valence-corrected chi connectivity index (χ4v) is 2.37. The van der Waals surface area contributed by atoms with Crippen molar-refractivity contribution in [3.8, 4) is 0 Å². The largest absolute Gasteiger partial charge is 0.339 e. The summed E-state index contributed by atoms with van der Waals surface area (Å²) in [7, 11) is 0. The van der Waals surface area contributed by atoms with Crippen LogP contribution in [0.3, 0.4) is 0 Å². The second kappa shape index (κ2) is 7.63. The number of nitrogens with zero attached hydrogens (tertiary/aromatic N) is 2. The van der Waals surface area contributed by atoms with E-state index >= 15 is 0 Å². The van der Waals surface area contributed by atoms with Crippen molar-refractivity contribution >= 4 is 46.3 Å². The Morgan fingerprint density at radius 1 is 1.00 bits per heavy atom. The van der Waals surface area contributed by atoms with Gasteiger partial charge in [-0.05, 0) is 24.3 Å². The first-order valence-corrected chi connectivity index (χ1v) is 7.99. The van der Waals surface area contributed by atoms with Crippen LogP contribution in [0.25, 0.3) is 0 Å². The van der Waals surface area contributed by atoms with Gasteiger partial charge in [0.1, 0.15) is 11.5 Å². The fourth-order valence-electron chi connectivity index (χ4n) is 2.02. The van der Waals surface area contributed by atoms with E-state index in [4.69, 9.17) is 23.2 Å². The maximum atomic E-state index is 13.2. The highest BCUT2D eigenvalue weighted by atomic mass is 35.5. The molecule has 2 aromatic carbocycles. The van der Waals surface area contributed by atoms with E-state index in [0.717, 1.165) is 12.1 Å². The molecule has 0 aliphatic heterocycles. The van der Waals surface area contributed by atoms with Gasteiger partial charge in [0.15, 0.2) is 11.6 Å². The number of nitrogens with one attached hydrogen (secondary N) is 2. The number of halogens is 4. The van der Waals surface area contributed by atoms with E-state index in [9.17, 15) is 13.6 Å². The molecule has 1 aromatic heterocycles. The number of anilines is 3. The van der Waals surface area contributed by atoms with Crippen LogP contribution in [0.1, 0.15) is 10.5 Å². The van der Waals surface area contributed by atoms with Crippen LogP contribution < -0.4 is 10.6 Å². The van der Waals surface area contributed by atoms with Gasteiger partial charge in [-0.15, -0.1) is 0 Å². The second-order valence-electron chi connectivity index (χ2n) is 5.10. The molecule has 132 valence electrons. The Bertz CT molecular complexity index is 967. The number of hydrogen-bond donors (Lipinski definition) is 2. The fraction of sp³-hybridized carbons (Fsp3) is 0. The van der Waals surface area contributed by atoms with Gasteiger partial charge in [-0.3, -0.25) is 4.79 Å². The zero-order valence-corrected chi connectivity index (χ0v) is 14.4. The Labute approximate surface area is 157 Å². The number of benzene rings is 2. The molecule has 1 heterocycles. The van der Waals surface area contributed by atoms with E-state index in [0.29, 0.717) is 16.4 Å². The molecular formula is C17H10Cl2F2N4O. The smallest absolute Gasteiger partial charge is 0.275 e. The molecule has 0 bridgehead atoms. The first-order valence-electron chi connectivity index (χ1n) is 7.23. The minimum absolute atomic E-state index is 0.0388. The van der Waals surface area contributed by atoms with Gasteiger partial charge in [0.25, 0.3) is 5.91 Å². The van der Waals surface area contributed by atoms with Crippen LogP contribution in [0.5, 0.6) is 0 Å². The predicted octanol–water partition coefficient (Wildman–Crippen LogP) is 5.06. The lowest BCUT2D eigenvalue weighted by molar-refractivity contribution is 0.102. The summed E-state index contributed by atoms with van der Waals surface area (Å²) in [6.45, 7) is 0. The Kier molecular flexibility index (Phi) is 5.29. The number of carbonyl (C=O) groups excluding carboxylic acids is 1. The molecule has 0 saturated carbocycles. The monoisotopic (exact) mass is 394 g/mol. The summed E-state index contributed by atoms with van der Waals surface area (Å²) in [6.07, 6.45) is 2.52. The van der Waals surface area contributed by atoms with E-state index < -0.39 is 17.5 Å². The van der Waals surface area contributed by atoms with Crippen molar-refractivity contribution < 1.29 is 13.6 Å². The molecule has 0 saturated heterocycles. The summed E-state index contributed by atoms with van der Waals surface area (Å²) in [6, 6.07) is 8.16. The predicted molar refractivity (Wildman–Crippen MR) is 96.1 cm³/mol. The third kappa shape index (κ3) is 4.07. The van der Waals surface area contributed by atoms with Crippen molar-refractivity contribution in [2.75, 3.05) is 10.6 Å². The Morgan fingerprint density at radius 2 is 1.81 bits per heavy atom. The van der Waals surface area contributed by atoms with Gasteiger partial charge < -0.3 is 10.6 Å². The van der Waals surface area contributed by atoms with Crippen molar-refractivity contribution in [1.82, 2.24) is 9.97 Å². The van der Waals surface area contributed by atoms with Crippen molar-refractivity contribution in [3.05, 3.63) is 76.2 Å². The summed E-state index contributed by atoms with van der Waals surface area (Å²) < 4.78 is 26.1. The lowest BCUT2D eigenvalue weighted by Crippen LogP contribution is -2.14. The van der Waals surface area contributed by atoms with Gasteiger partial charge >= 0.3 is 0 Å².